The monoisotopic (exact) mass is 248 g/mol. The summed E-state index contributed by atoms with van der Waals surface area (Å²) in [5.74, 6) is -1.21. The molecule has 0 atom stereocenters. The molecule has 0 saturated carbocycles. The van der Waals surface area contributed by atoms with E-state index in [-0.39, 0.29) is 17.9 Å². The van der Waals surface area contributed by atoms with E-state index in [1.165, 1.54) is 12.1 Å². The van der Waals surface area contributed by atoms with E-state index >= 15 is 0 Å². The number of nitrogens with zero attached hydrogens (tertiary/aromatic N) is 2. The normalized spacial score (nSPS) is 11.3. The molecule has 1 aromatic rings. The van der Waals surface area contributed by atoms with Crippen molar-refractivity contribution in [3.8, 4) is 0 Å². The van der Waals surface area contributed by atoms with Crippen molar-refractivity contribution in [1.82, 2.24) is 4.98 Å². The Bertz CT molecular complexity index is 390. The lowest BCUT2D eigenvalue weighted by Crippen LogP contribution is -2.34. The Kier molecular flexibility index (Phi) is 3.93. The summed E-state index contributed by atoms with van der Waals surface area (Å²) in [6.45, 7) is 0.655. The van der Waals surface area contributed by atoms with Crippen LogP contribution in [0.15, 0.2) is 18.3 Å². The van der Waals surface area contributed by atoms with Gasteiger partial charge in [-0.1, -0.05) is 0 Å². The van der Waals surface area contributed by atoms with Crippen molar-refractivity contribution in [2.45, 2.75) is 13.1 Å². The lowest BCUT2D eigenvalue weighted by atomic mass is 10.3. The highest BCUT2D eigenvalue weighted by atomic mass is 19.4. The van der Waals surface area contributed by atoms with E-state index in [9.17, 15) is 18.0 Å². The van der Waals surface area contributed by atoms with Crippen LogP contribution in [0.5, 0.6) is 0 Å². The first-order valence-corrected chi connectivity index (χ1v) is 4.84. The van der Waals surface area contributed by atoms with Gasteiger partial charge in [-0.25, -0.2) is 9.78 Å². The molecule has 1 N–H and O–H groups in total. The minimum Gasteiger partial charge on any atom is -0.477 e. The molecular formula is C10H11F3N2O2. The molecule has 0 unspecified atom stereocenters. The zero-order valence-corrected chi connectivity index (χ0v) is 9.03. The topological polar surface area (TPSA) is 53.4 Å². The fourth-order valence-corrected chi connectivity index (χ4v) is 1.30. The Labute approximate surface area is 95.7 Å². The second-order valence-corrected chi connectivity index (χ2v) is 3.34. The smallest absolute Gasteiger partial charge is 0.405 e. The van der Waals surface area contributed by atoms with Crippen LogP contribution in [0.25, 0.3) is 0 Å². The van der Waals surface area contributed by atoms with Crippen LogP contribution in [0, 0.1) is 0 Å². The molecule has 0 fully saturated rings. The number of pyridine rings is 1. The van der Waals surface area contributed by atoms with E-state index in [2.05, 4.69) is 4.98 Å². The van der Waals surface area contributed by atoms with Gasteiger partial charge in [-0.3, -0.25) is 0 Å². The molecule has 0 aromatic carbocycles. The molecule has 0 aliphatic heterocycles. The summed E-state index contributed by atoms with van der Waals surface area (Å²) in [6, 6.07) is 2.49. The maximum atomic E-state index is 12.2. The number of aromatic nitrogens is 1. The molecule has 0 aliphatic carbocycles. The summed E-state index contributed by atoms with van der Waals surface area (Å²) < 4.78 is 36.7. The van der Waals surface area contributed by atoms with Crippen molar-refractivity contribution in [3.63, 3.8) is 0 Å². The third-order valence-corrected chi connectivity index (χ3v) is 2.08. The van der Waals surface area contributed by atoms with Gasteiger partial charge in [0.1, 0.15) is 12.2 Å². The zero-order valence-electron chi connectivity index (χ0n) is 9.03. The first-order valence-electron chi connectivity index (χ1n) is 4.84. The van der Waals surface area contributed by atoms with Crippen LogP contribution in [0.2, 0.25) is 0 Å². The SMILES string of the molecule is CCN(CC(F)(F)F)c1ccc(C(=O)O)nc1. The van der Waals surface area contributed by atoms with Gasteiger partial charge in [0.15, 0.2) is 0 Å². The second kappa shape index (κ2) is 5.03. The van der Waals surface area contributed by atoms with Gasteiger partial charge in [0, 0.05) is 6.54 Å². The summed E-state index contributed by atoms with van der Waals surface area (Å²) in [6.07, 6.45) is -3.18. The van der Waals surface area contributed by atoms with Crippen LogP contribution in [0.1, 0.15) is 17.4 Å². The summed E-state index contributed by atoms with van der Waals surface area (Å²) in [5.41, 5.74) is 0.0478. The summed E-state index contributed by atoms with van der Waals surface area (Å²) in [7, 11) is 0. The van der Waals surface area contributed by atoms with Crippen LogP contribution in [-0.2, 0) is 0 Å². The van der Waals surface area contributed by atoms with Gasteiger partial charge in [-0.2, -0.15) is 13.2 Å². The number of halogens is 3. The highest BCUT2D eigenvalue weighted by molar-refractivity contribution is 5.85. The predicted molar refractivity (Wildman–Crippen MR) is 55.1 cm³/mol. The Morgan fingerprint density at radius 2 is 2.12 bits per heavy atom. The van der Waals surface area contributed by atoms with Crippen molar-refractivity contribution < 1.29 is 23.1 Å². The maximum Gasteiger partial charge on any atom is 0.405 e. The zero-order chi connectivity index (χ0) is 13.1. The molecule has 4 nitrogen and oxygen atoms in total. The van der Waals surface area contributed by atoms with E-state index in [1.807, 2.05) is 0 Å². The summed E-state index contributed by atoms with van der Waals surface area (Å²) in [4.78, 5) is 15.2. The quantitative estimate of drug-likeness (QED) is 0.887. The van der Waals surface area contributed by atoms with E-state index in [1.54, 1.807) is 6.92 Å². The van der Waals surface area contributed by atoms with Crippen molar-refractivity contribution in [2.75, 3.05) is 18.0 Å². The summed E-state index contributed by atoms with van der Waals surface area (Å²) >= 11 is 0. The third-order valence-electron chi connectivity index (χ3n) is 2.08. The van der Waals surface area contributed by atoms with Crippen LogP contribution in [-0.4, -0.2) is 35.3 Å². The van der Waals surface area contributed by atoms with Crippen LogP contribution in [0.4, 0.5) is 18.9 Å². The fourth-order valence-electron chi connectivity index (χ4n) is 1.30. The largest absolute Gasteiger partial charge is 0.477 e. The van der Waals surface area contributed by atoms with Crippen molar-refractivity contribution >= 4 is 11.7 Å². The van der Waals surface area contributed by atoms with Gasteiger partial charge in [0.2, 0.25) is 0 Å². The molecule has 17 heavy (non-hydrogen) atoms. The van der Waals surface area contributed by atoms with Crippen molar-refractivity contribution in [3.05, 3.63) is 24.0 Å². The first kappa shape index (κ1) is 13.3. The Balaban J connectivity index is 2.86. The minimum absolute atomic E-state index is 0.160. The van der Waals surface area contributed by atoms with Gasteiger partial charge in [-0.05, 0) is 19.1 Å². The molecule has 1 heterocycles. The summed E-state index contributed by atoms with van der Waals surface area (Å²) in [5, 5.41) is 8.60. The number of carbonyl (C=O) groups is 1. The molecule has 0 radical (unpaired) electrons. The van der Waals surface area contributed by atoms with Crippen LogP contribution >= 0.6 is 0 Å². The predicted octanol–water partition coefficient (Wildman–Crippen LogP) is 2.17. The average molecular weight is 248 g/mol. The van der Waals surface area contributed by atoms with E-state index < -0.39 is 18.7 Å². The molecule has 1 rings (SSSR count). The number of carboxylic acids is 1. The third kappa shape index (κ3) is 3.93. The number of alkyl halides is 3. The number of hydrogen-bond acceptors (Lipinski definition) is 3. The van der Waals surface area contributed by atoms with E-state index in [0.717, 1.165) is 11.1 Å². The molecule has 0 saturated heterocycles. The van der Waals surface area contributed by atoms with E-state index in [0.29, 0.717) is 0 Å². The molecule has 0 bridgehead atoms. The Morgan fingerprint density at radius 1 is 1.47 bits per heavy atom. The number of hydrogen-bond donors (Lipinski definition) is 1. The van der Waals surface area contributed by atoms with E-state index in [4.69, 9.17) is 5.11 Å². The molecule has 94 valence electrons. The fraction of sp³-hybridized carbons (Fsp3) is 0.400. The molecule has 1 aromatic heterocycles. The number of aromatic carboxylic acids is 1. The minimum atomic E-state index is -4.30. The number of rotatable bonds is 4. The van der Waals surface area contributed by atoms with Crippen molar-refractivity contribution in [2.24, 2.45) is 0 Å². The van der Waals surface area contributed by atoms with Gasteiger partial charge in [-0.15, -0.1) is 0 Å². The highest BCUT2D eigenvalue weighted by Gasteiger charge is 2.30. The van der Waals surface area contributed by atoms with Crippen LogP contribution < -0.4 is 4.90 Å². The van der Waals surface area contributed by atoms with Gasteiger partial charge in [0.25, 0.3) is 0 Å². The molecule has 7 heteroatoms. The molecule has 0 amide bonds. The molecular weight excluding hydrogens is 237 g/mol. The standard InChI is InChI=1S/C10H11F3N2O2/c1-2-15(6-10(11,12)13)7-3-4-8(9(16)17)14-5-7/h3-5H,2,6H2,1H3,(H,16,17). The number of carboxylic acid groups (broad SMARTS) is 1. The Hall–Kier alpha value is -1.79. The Morgan fingerprint density at radius 3 is 2.47 bits per heavy atom. The highest BCUT2D eigenvalue weighted by Crippen LogP contribution is 2.21. The second-order valence-electron chi connectivity index (χ2n) is 3.34. The molecule has 0 spiro atoms. The first-order chi connectivity index (χ1) is 7.83. The average Bonchev–Trinajstić information content (AvgIpc) is 2.25. The number of anilines is 1. The van der Waals surface area contributed by atoms with Gasteiger partial charge >= 0.3 is 12.1 Å². The lowest BCUT2D eigenvalue weighted by molar-refractivity contribution is -0.119. The maximum absolute atomic E-state index is 12.2. The van der Waals surface area contributed by atoms with Crippen molar-refractivity contribution in [1.29, 1.82) is 0 Å². The lowest BCUT2D eigenvalue weighted by Gasteiger charge is -2.23. The van der Waals surface area contributed by atoms with Gasteiger partial charge < -0.3 is 10.0 Å². The van der Waals surface area contributed by atoms with Crippen LogP contribution in [0.3, 0.4) is 0 Å². The molecule has 0 aliphatic rings. The van der Waals surface area contributed by atoms with Gasteiger partial charge in [0.05, 0.1) is 11.9 Å².